The number of hydrogen-bond acceptors (Lipinski definition) is 5. The van der Waals surface area contributed by atoms with E-state index in [0.29, 0.717) is 6.54 Å². The first kappa shape index (κ1) is 36.0. The second kappa shape index (κ2) is 24.0. The Morgan fingerprint density at radius 3 is 1.67 bits per heavy atom. The average molecular weight is 533 g/mol. The largest absolute Gasteiger partial charge is 0.398 e. The van der Waals surface area contributed by atoms with E-state index < -0.39 is 8.56 Å². The number of unbranched alkanes of at least 4 members (excludes halogenated alkanes) is 13. The highest BCUT2D eigenvalue weighted by Crippen LogP contribution is 2.14. The fourth-order valence-corrected chi connectivity index (χ4v) is 6.25. The van der Waals surface area contributed by atoms with Crippen LogP contribution in [0.15, 0.2) is 0 Å². The Bertz CT molecular complexity index is 465. The summed E-state index contributed by atoms with van der Waals surface area (Å²) in [5.74, 6) is 0. The Kier molecular flexibility index (Phi) is 24.0. The highest BCUT2D eigenvalue weighted by molar-refractivity contribution is 6.65. The summed E-state index contributed by atoms with van der Waals surface area (Å²) in [5, 5.41) is 17.3. The van der Waals surface area contributed by atoms with Gasteiger partial charge in [0, 0.05) is 33.9 Å². The molecule has 0 rings (SSSR count). The van der Waals surface area contributed by atoms with E-state index in [2.05, 4.69) is 38.2 Å². The first-order valence-corrected chi connectivity index (χ1v) is 17.8. The molecule has 0 fully saturated rings. The molecule has 0 aromatic carbocycles. The van der Waals surface area contributed by atoms with Crippen molar-refractivity contribution < 1.29 is 18.4 Å². The number of aliphatic hydroxyl groups is 1. The van der Waals surface area contributed by atoms with Crippen LogP contribution in [0.3, 0.4) is 0 Å². The molecule has 0 spiro atoms. The molecular formula is C29H66N3O3Si+. The van der Waals surface area contributed by atoms with Gasteiger partial charge in [-0.25, -0.2) is 0 Å². The van der Waals surface area contributed by atoms with Gasteiger partial charge in [-0.3, -0.25) is 0 Å². The Hall–Kier alpha value is -0.0231. The third kappa shape index (κ3) is 23.1. The molecule has 0 heterocycles. The number of likely N-dealkylation sites (N-methyl/N-ethyl adjacent to an activating group) is 1. The lowest BCUT2D eigenvalue weighted by Gasteiger charge is -2.32. The number of aliphatic hydroxyl groups excluding tert-OH is 1. The van der Waals surface area contributed by atoms with Gasteiger partial charge in [-0.2, -0.15) is 0 Å². The second-order valence-corrected chi connectivity index (χ2v) is 15.3. The summed E-state index contributed by atoms with van der Waals surface area (Å²) in [6.07, 6.45) is 20.4. The van der Waals surface area contributed by atoms with Crippen LogP contribution in [0, 0.1) is 0 Å². The van der Waals surface area contributed by atoms with Crippen LogP contribution in [0.5, 0.6) is 0 Å². The Morgan fingerprint density at radius 1 is 0.694 bits per heavy atom. The van der Waals surface area contributed by atoms with Crippen LogP contribution in [0.4, 0.5) is 0 Å². The predicted octanol–water partition coefficient (Wildman–Crippen LogP) is 5.84. The maximum Gasteiger partial charge on any atom is 0.334 e. The van der Waals surface area contributed by atoms with Crippen LogP contribution < -0.4 is 10.6 Å². The van der Waals surface area contributed by atoms with Crippen LogP contribution in [0.25, 0.3) is 0 Å². The molecule has 0 aliphatic rings. The molecule has 0 aromatic heterocycles. The third-order valence-electron chi connectivity index (χ3n) is 7.53. The quantitative estimate of drug-likeness (QED) is 0.0671. The number of nitrogens with one attached hydrogen (secondary N) is 2. The summed E-state index contributed by atoms with van der Waals surface area (Å²) in [6.45, 7) is 9.81. The second-order valence-electron chi connectivity index (χ2n) is 11.7. The van der Waals surface area contributed by atoms with Crippen molar-refractivity contribution in [1.82, 2.24) is 10.6 Å². The molecule has 0 aliphatic carbocycles. The summed E-state index contributed by atoms with van der Waals surface area (Å²) >= 11 is 0. The van der Waals surface area contributed by atoms with E-state index in [1.807, 2.05) is 0 Å². The molecular weight excluding hydrogens is 466 g/mol. The summed E-state index contributed by atoms with van der Waals surface area (Å²) < 4.78 is 11.9. The number of rotatable bonds is 28. The van der Waals surface area contributed by atoms with Crippen LogP contribution in [0.1, 0.15) is 103 Å². The topological polar surface area (TPSA) is 62.8 Å². The molecule has 36 heavy (non-hydrogen) atoms. The fraction of sp³-hybridized carbons (Fsp3) is 1.00. The van der Waals surface area contributed by atoms with Crippen molar-refractivity contribution in [2.24, 2.45) is 0 Å². The molecule has 1 unspecified atom stereocenters. The van der Waals surface area contributed by atoms with E-state index in [1.165, 1.54) is 89.9 Å². The van der Waals surface area contributed by atoms with Crippen molar-refractivity contribution in [3.8, 4) is 0 Å². The minimum atomic E-state index is -1.93. The molecule has 0 bridgehead atoms. The highest BCUT2D eigenvalue weighted by Gasteiger charge is 2.27. The molecule has 0 saturated heterocycles. The van der Waals surface area contributed by atoms with Crippen molar-refractivity contribution in [2.45, 2.75) is 122 Å². The SMILES string of the molecule is CCCCCCCCCCCCCCCC[N+](C)(C)CC(O)CNCCNCCC[Si](C)(OC)OC. The molecule has 0 radical (unpaired) electrons. The maximum atomic E-state index is 10.5. The third-order valence-corrected chi connectivity index (χ3v) is 10.5. The van der Waals surface area contributed by atoms with Crippen molar-refractivity contribution in [3.63, 3.8) is 0 Å². The summed E-state index contributed by atoms with van der Waals surface area (Å²) in [7, 11) is 6.07. The zero-order valence-corrected chi connectivity index (χ0v) is 26.3. The van der Waals surface area contributed by atoms with Crippen LogP contribution in [-0.2, 0) is 8.85 Å². The summed E-state index contributed by atoms with van der Waals surface area (Å²) in [4.78, 5) is 0. The van der Waals surface area contributed by atoms with Gasteiger partial charge in [0.05, 0.1) is 20.6 Å². The molecule has 0 aromatic rings. The molecule has 0 saturated carbocycles. The standard InChI is InChI=1S/C29H66N3O3Si/c1-7-8-9-10-11-12-13-14-15-16-17-18-19-20-25-32(2,3)28-29(33)27-31-24-23-30-22-21-26-36(6,34-4)35-5/h29-31,33H,7-28H2,1-6H3/q+1. The first-order valence-electron chi connectivity index (χ1n) is 15.3. The van der Waals surface area contributed by atoms with Gasteiger partial charge in [0.25, 0.3) is 0 Å². The van der Waals surface area contributed by atoms with Gasteiger partial charge in [0.1, 0.15) is 12.6 Å². The summed E-state index contributed by atoms with van der Waals surface area (Å²) in [5.41, 5.74) is 0. The Labute approximate surface area is 227 Å². The molecule has 218 valence electrons. The Balaban J connectivity index is 3.53. The van der Waals surface area contributed by atoms with Gasteiger partial charge in [-0.1, -0.05) is 84.0 Å². The predicted molar refractivity (Wildman–Crippen MR) is 159 cm³/mol. The van der Waals surface area contributed by atoms with Crippen molar-refractivity contribution >= 4 is 8.56 Å². The van der Waals surface area contributed by atoms with Gasteiger partial charge in [0.2, 0.25) is 0 Å². The minimum Gasteiger partial charge on any atom is -0.398 e. The van der Waals surface area contributed by atoms with Crippen molar-refractivity contribution in [2.75, 3.05) is 67.6 Å². The van der Waals surface area contributed by atoms with E-state index in [4.69, 9.17) is 8.85 Å². The molecule has 0 amide bonds. The highest BCUT2D eigenvalue weighted by atomic mass is 28.4. The zero-order valence-electron chi connectivity index (χ0n) is 25.3. The monoisotopic (exact) mass is 532 g/mol. The van der Waals surface area contributed by atoms with Crippen LogP contribution in [0.2, 0.25) is 12.6 Å². The summed E-state index contributed by atoms with van der Waals surface area (Å²) in [6, 6.07) is 1.01. The molecule has 0 aliphatic heterocycles. The van der Waals surface area contributed by atoms with Crippen LogP contribution in [-0.4, -0.2) is 91.8 Å². The number of hydrogen-bond donors (Lipinski definition) is 3. The van der Waals surface area contributed by atoms with E-state index in [9.17, 15) is 5.11 Å². The van der Waals surface area contributed by atoms with Crippen molar-refractivity contribution in [3.05, 3.63) is 0 Å². The Morgan fingerprint density at radius 2 is 1.17 bits per heavy atom. The van der Waals surface area contributed by atoms with Gasteiger partial charge in [0.15, 0.2) is 0 Å². The van der Waals surface area contributed by atoms with Gasteiger partial charge >= 0.3 is 8.56 Å². The van der Waals surface area contributed by atoms with E-state index in [1.54, 1.807) is 14.2 Å². The smallest absolute Gasteiger partial charge is 0.334 e. The lowest BCUT2D eigenvalue weighted by Crippen LogP contribution is -2.48. The van der Waals surface area contributed by atoms with E-state index in [0.717, 1.165) is 49.7 Å². The fourth-order valence-electron chi connectivity index (χ4n) is 4.85. The molecule has 3 N–H and O–H groups in total. The number of quaternary nitrogens is 1. The zero-order chi connectivity index (χ0) is 27.0. The lowest BCUT2D eigenvalue weighted by molar-refractivity contribution is -0.893. The molecule has 6 nitrogen and oxygen atoms in total. The van der Waals surface area contributed by atoms with Crippen molar-refractivity contribution in [1.29, 1.82) is 0 Å². The lowest BCUT2D eigenvalue weighted by atomic mass is 10.0. The first-order chi connectivity index (χ1) is 17.3. The normalized spacial score (nSPS) is 13.4. The van der Waals surface area contributed by atoms with Crippen LogP contribution >= 0.6 is 0 Å². The van der Waals surface area contributed by atoms with E-state index in [-0.39, 0.29) is 6.10 Å². The molecule has 7 heteroatoms. The van der Waals surface area contributed by atoms with Gasteiger partial charge in [-0.15, -0.1) is 0 Å². The number of nitrogens with zero attached hydrogens (tertiary/aromatic N) is 1. The molecule has 1 atom stereocenters. The van der Waals surface area contributed by atoms with E-state index >= 15 is 0 Å². The average Bonchev–Trinajstić information content (AvgIpc) is 2.85. The van der Waals surface area contributed by atoms with Gasteiger partial charge < -0.3 is 29.1 Å². The maximum absolute atomic E-state index is 10.5. The minimum absolute atomic E-state index is 0.290. The van der Waals surface area contributed by atoms with Gasteiger partial charge in [-0.05, 0) is 38.4 Å².